The van der Waals surface area contributed by atoms with Gasteiger partial charge in [0, 0.05) is 49.1 Å². The summed E-state index contributed by atoms with van der Waals surface area (Å²) < 4.78 is 0. The minimum atomic E-state index is 0.216. The highest BCUT2D eigenvalue weighted by atomic mass is 33.1. The van der Waals surface area contributed by atoms with Gasteiger partial charge in [0.05, 0.1) is 11.4 Å². The van der Waals surface area contributed by atoms with Crippen molar-refractivity contribution in [1.29, 1.82) is 0 Å². The zero-order valence-electron chi connectivity index (χ0n) is 22.2. The molecule has 0 heterocycles. The summed E-state index contributed by atoms with van der Waals surface area (Å²) in [6.07, 6.45) is 0. The Kier molecular flexibility index (Phi) is 12.2. The first-order valence-electron chi connectivity index (χ1n) is 11.7. The van der Waals surface area contributed by atoms with Crippen molar-refractivity contribution in [3.8, 4) is 0 Å². The number of nitrogens with zero attached hydrogens (tertiary/aromatic N) is 4. The lowest BCUT2D eigenvalue weighted by Crippen LogP contribution is -2.32. The average molecular weight is 561 g/mol. The topological polar surface area (TPSA) is 55.3 Å². The molecule has 0 unspecified atom stereocenters. The van der Waals surface area contributed by atoms with E-state index in [4.69, 9.17) is 24.4 Å². The molecule has 0 amide bonds. The summed E-state index contributed by atoms with van der Waals surface area (Å²) in [5, 5.41) is 10.5. The first kappa shape index (κ1) is 30.1. The van der Waals surface area contributed by atoms with Crippen LogP contribution in [0.3, 0.4) is 0 Å². The zero-order chi connectivity index (χ0) is 26.8. The minimum Gasteiger partial charge on any atom is -0.354 e. The van der Waals surface area contributed by atoms with Crippen LogP contribution in [0.4, 0.5) is 0 Å². The number of rotatable bonds is 9. The molecule has 0 spiro atoms. The molecule has 0 atom stereocenters. The Hall–Kier alpha value is -2.14. The number of nitrogens with one attached hydrogen (secondary N) is 2. The Morgan fingerprint density at radius 1 is 0.667 bits per heavy atom. The molecule has 0 aliphatic carbocycles. The van der Waals surface area contributed by atoms with E-state index in [0.717, 1.165) is 32.3 Å². The van der Waals surface area contributed by atoms with Gasteiger partial charge in [0.2, 0.25) is 0 Å². The van der Waals surface area contributed by atoms with Crippen LogP contribution in [0.15, 0.2) is 68.5 Å². The van der Waals surface area contributed by atoms with Crippen LogP contribution < -0.4 is 10.9 Å². The van der Waals surface area contributed by atoms with Gasteiger partial charge in [-0.15, -0.1) is 0 Å². The quantitative estimate of drug-likeness (QED) is 0.166. The Morgan fingerprint density at radius 2 is 1.00 bits per heavy atom. The third-order valence-corrected chi connectivity index (χ3v) is 8.39. The van der Waals surface area contributed by atoms with Crippen LogP contribution in [0.25, 0.3) is 0 Å². The van der Waals surface area contributed by atoms with Crippen molar-refractivity contribution in [2.45, 2.75) is 37.5 Å². The first-order chi connectivity index (χ1) is 17.0. The summed E-state index contributed by atoms with van der Waals surface area (Å²) in [5.41, 5.74) is 10.1. The van der Waals surface area contributed by atoms with Crippen molar-refractivity contribution in [2.24, 2.45) is 22.0 Å². The molecule has 0 aliphatic rings. The zero-order valence-corrected chi connectivity index (χ0v) is 25.5. The standard InChI is InChI=1S/C26H36N6S4/c1-17(2)23(27-29-25(33)31(5)6)19-13-9-11-15-21(19)35-36-22-16-12-10-14-20(22)24(18(3)4)28-30-26(34)32(7)8/h9-18H,1-8H3,(H,29,33)(H,30,34)/b27-23+,28-24+. The molecule has 0 aromatic heterocycles. The molecule has 0 bridgehead atoms. The summed E-state index contributed by atoms with van der Waals surface area (Å²) in [6, 6.07) is 16.7. The Labute approximate surface area is 234 Å². The van der Waals surface area contributed by atoms with Crippen LogP contribution in [-0.4, -0.2) is 59.6 Å². The highest BCUT2D eigenvalue weighted by Crippen LogP contribution is 2.41. The third kappa shape index (κ3) is 8.76. The lowest BCUT2D eigenvalue weighted by molar-refractivity contribution is 0.605. The molecule has 2 aromatic rings. The Balaban J connectivity index is 2.36. The summed E-state index contributed by atoms with van der Waals surface area (Å²) in [7, 11) is 11.0. The highest BCUT2D eigenvalue weighted by Gasteiger charge is 2.17. The van der Waals surface area contributed by atoms with Gasteiger partial charge in [0.15, 0.2) is 10.2 Å². The maximum Gasteiger partial charge on any atom is 0.189 e. The second-order valence-corrected chi connectivity index (χ2v) is 12.1. The van der Waals surface area contributed by atoms with E-state index in [1.165, 1.54) is 0 Å². The monoisotopic (exact) mass is 560 g/mol. The Morgan fingerprint density at radius 3 is 1.31 bits per heavy atom. The van der Waals surface area contributed by atoms with Crippen molar-refractivity contribution >= 4 is 67.7 Å². The van der Waals surface area contributed by atoms with Crippen molar-refractivity contribution in [2.75, 3.05) is 28.2 Å². The third-order valence-electron chi connectivity index (χ3n) is 5.00. The highest BCUT2D eigenvalue weighted by molar-refractivity contribution is 8.76. The first-order valence-corrected chi connectivity index (χ1v) is 14.6. The maximum absolute atomic E-state index is 5.36. The second kappa shape index (κ2) is 14.6. The van der Waals surface area contributed by atoms with E-state index in [2.05, 4.69) is 85.1 Å². The summed E-state index contributed by atoms with van der Waals surface area (Å²) in [4.78, 5) is 5.94. The van der Waals surface area contributed by atoms with Gasteiger partial charge in [-0.05, 0) is 48.4 Å². The lowest BCUT2D eigenvalue weighted by atomic mass is 10.0. The fraction of sp³-hybridized carbons (Fsp3) is 0.385. The largest absolute Gasteiger partial charge is 0.354 e. The van der Waals surface area contributed by atoms with Crippen molar-refractivity contribution in [1.82, 2.24) is 20.7 Å². The molecule has 6 nitrogen and oxygen atoms in total. The van der Waals surface area contributed by atoms with Crippen molar-refractivity contribution < 1.29 is 0 Å². The molecular formula is C26H36N6S4. The number of thiocarbonyl (C=S) groups is 2. The molecule has 2 rings (SSSR count). The molecule has 0 aliphatic heterocycles. The van der Waals surface area contributed by atoms with Gasteiger partial charge in [-0.3, -0.25) is 10.9 Å². The van der Waals surface area contributed by atoms with Crippen LogP contribution in [0, 0.1) is 11.8 Å². The van der Waals surface area contributed by atoms with Gasteiger partial charge < -0.3 is 9.80 Å². The van der Waals surface area contributed by atoms with Gasteiger partial charge in [0.1, 0.15) is 0 Å². The normalized spacial score (nSPS) is 12.1. The molecule has 0 saturated heterocycles. The molecule has 194 valence electrons. The van der Waals surface area contributed by atoms with Gasteiger partial charge in [-0.2, -0.15) is 10.2 Å². The van der Waals surface area contributed by atoms with Crippen molar-refractivity contribution in [3.05, 3.63) is 59.7 Å². The van der Waals surface area contributed by atoms with Gasteiger partial charge in [-0.1, -0.05) is 85.7 Å². The molecule has 36 heavy (non-hydrogen) atoms. The molecule has 2 N–H and O–H groups in total. The summed E-state index contributed by atoms with van der Waals surface area (Å²) >= 11 is 10.7. The van der Waals surface area contributed by atoms with E-state index in [-0.39, 0.29) is 11.8 Å². The molecule has 0 fully saturated rings. The van der Waals surface area contributed by atoms with Crippen molar-refractivity contribution in [3.63, 3.8) is 0 Å². The van der Waals surface area contributed by atoms with Gasteiger partial charge >= 0.3 is 0 Å². The van der Waals surface area contributed by atoms with Crippen LogP contribution in [0.2, 0.25) is 0 Å². The van der Waals surface area contributed by atoms with Crippen LogP contribution in [0.1, 0.15) is 38.8 Å². The van der Waals surface area contributed by atoms with Crippen LogP contribution >= 0.6 is 46.0 Å². The lowest BCUT2D eigenvalue weighted by Gasteiger charge is -2.18. The van der Waals surface area contributed by atoms with E-state index in [1.807, 2.05) is 50.1 Å². The molecule has 10 heteroatoms. The number of hydrogen-bond donors (Lipinski definition) is 2. The van der Waals surface area contributed by atoms with E-state index >= 15 is 0 Å². The Bertz CT molecular complexity index is 1020. The summed E-state index contributed by atoms with van der Waals surface area (Å²) in [6.45, 7) is 8.55. The fourth-order valence-electron chi connectivity index (χ4n) is 3.01. The number of hydrazone groups is 2. The average Bonchev–Trinajstić information content (AvgIpc) is 2.83. The summed E-state index contributed by atoms with van der Waals surface area (Å²) in [5.74, 6) is 0.431. The number of benzene rings is 2. The van der Waals surface area contributed by atoms with E-state index in [1.54, 1.807) is 21.6 Å². The smallest absolute Gasteiger partial charge is 0.189 e. The minimum absolute atomic E-state index is 0.216. The van der Waals surface area contributed by atoms with E-state index < -0.39 is 0 Å². The number of hydrogen-bond acceptors (Lipinski definition) is 6. The SMILES string of the molecule is CC(C)/C(=N\NC(=S)N(C)C)c1ccccc1SSc1ccccc1/C(=N/NC(=S)N(C)C)C(C)C. The van der Waals surface area contributed by atoms with Gasteiger partial charge in [0.25, 0.3) is 0 Å². The maximum atomic E-state index is 5.36. The molecule has 0 saturated carbocycles. The molecule has 0 radical (unpaired) electrons. The second-order valence-electron chi connectivity index (χ2n) is 9.09. The van der Waals surface area contributed by atoms with Gasteiger partial charge in [-0.25, -0.2) is 0 Å². The predicted molar refractivity (Wildman–Crippen MR) is 166 cm³/mol. The molecule has 2 aromatic carbocycles. The van der Waals surface area contributed by atoms with Crippen LogP contribution in [-0.2, 0) is 0 Å². The van der Waals surface area contributed by atoms with E-state index in [0.29, 0.717) is 10.2 Å². The fourth-order valence-corrected chi connectivity index (χ4v) is 5.48. The predicted octanol–water partition coefficient (Wildman–Crippen LogP) is 6.08. The molecular weight excluding hydrogens is 525 g/mol. The van der Waals surface area contributed by atoms with E-state index in [9.17, 15) is 0 Å². The van der Waals surface area contributed by atoms with Crippen LogP contribution in [0.5, 0.6) is 0 Å².